The molecular formula is C20H14O2. The van der Waals surface area contributed by atoms with Crippen LogP contribution < -0.4 is 0 Å². The van der Waals surface area contributed by atoms with Crippen molar-refractivity contribution in [2.75, 3.05) is 0 Å². The van der Waals surface area contributed by atoms with Crippen molar-refractivity contribution in [3.05, 3.63) is 88.7 Å². The fraction of sp³-hybridized carbons (Fsp3) is 0.0500. The summed E-state index contributed by atoms with van der Waals surface area (Å²) in [5.41, 5.74) is 4.46. The van der Waals surface area contributed by atoms with Gasteiger partial charge in [0.05, 0.1) is 0 Å². The number of carbonyl (C=O) groups excluding carboxylic acids is 1. The van der Waals surface area contributed by atoms with E-state index in [2.05, 4.69) is 0 Å². The number of aliphatic hydroxyl groups excluding tert-OH is 1. The average Bonchev–Trinajstić information content (AvgIpc) is 2.62. The van der Waals surface area contributed by atoms with Crippen LogP contribution in [-0.2, 0) is 11.2 Å². The molecule has 4 rings (SSSR count). The molecule has 0 amide bonds. The number of ketones is 1. The number of aliphatic hydroxyl groups is 1. The first-order chi connectivity index (χ1) is 11.7. The van der Waals surface area contributed by atoms with Gasteiger partial charge in [-0.3, -0.25) is 4.79 Å². The van der Waals surface area contributed by atoms with Gasteiger partial charge in [-0.05, 0) is 40.8 Å². The number of benzene rings is 2. The Morgan fingerprint density at radius 3 is 2.59 bits per heavy atom. The maximum atomic E-state index is 12.7. The van der Waals surface area contributed by atoms with E-state index in [1.54, 1.807) is 18.2 Å². The average molecular weight is 288 g/mol. The van der Waals surface area contributed by atoms with Gasteiger partial charge in [-0.15, -0.1) is 0 Å². The van der Waals surface area contributed by atoms with Gasteiger partial charge in [0.15, 0.2) is 5.78 Å². The maximum absolute atomic E-state index is 12.7. The first-order valence-electron chi connectivity index (χ1n) is 8.12. The molecule has 106 valence electrons. The van der Waals surface area contributed by atoms with Crippen LogP contribution in [0.5, 0.6) is 0 Å². The lowest BCUT2D eigenvalue weighted by molar-refractivity contribution is -0.109. The highest BCUT2D eigenvalue weighted by atomic mass is 16.3. The second kappa shape index (κ2) is 4.85. The zero-order valence-corrected chi connectivity index (χ0v) is 11.7. The van der Waals surface area contributed by atoms with Gasteiger partial charge in [-0.2, -0.15) is 0 Å². The SMILES string of the molecule is [2H]OC1=CC([2H])c2ccccc2/C1=C1/C(=O)C=Cc2ccccc21. The van der Waals surface area contributed by atoms with Crippen LogP contribution in [0.2, 0.25) is 0 Å². The van der Waals surface area contributed by atoms with Crippen molar-refractivity contribution in [3.63, 3.8) is 0 Å². The Hall–Kier alpha value is -2.87. The first-order valence-corrected chi connectivity index (χ1v) is 7.13. The molecule has 0 aliphatic heterocycles. The van der Waals surface area contributed by atoms with Gasteiger partial charge in [-0.25, -0.2) is 0 Å². The van der Waals surface area contributed by atoms with Crippen molar-refractivity contribution in [2.24, 2.45) is 0 Å². The van der Waals surface area contributed by atoms with Crippen molar-refractivity contribution < 1.29 is 11.3 Å². The van der Waals surface area contributed by atoms with Crippen LogP contribution in [0.1, 0.15) is 23.6 Å². The summed E-state index contributed by atoms with van der Waals surface area (Å²) >= 11 is 0. The summed E-state index contributed by atoms with van der Waals surface area (Å²) < 4.78 is 15.6. The molecule has 0 spiro atoms. The lowest BCUT2D eigenvalue weighted by atomic mass is 9.81. The zero-order chi connectivity index (χ0) is 16.7. The van der Waals surface area contributed by atoms with Gasteiger partial charge in [0, 0.05) is 12.5 Å². The van der Waals surface area contributed by atoms with Crippen molar-refractivity contribution in [1.29, 1.82) is 1.43 Å². The van der Waals surface area contributed by atoms with Gasteiger partial charge in [0.2, 0.25) is 0 Å². The number of carbonyl (C=O) groups is 1. The fourth-order valence-corrected chi connectivity index (χ4v) is 3.02. The predicted molar refractivity (Wildman–Crippen MR) is 88.2 cm³/mol. The molecule has 1 atom stereocenters. The van der Waals surface area contributed by atoms with Gasteiger partial charge < -0.3 is 5.11 Å². The van der Waals surface area contributed by atoms with Gasteiger partial charge in [0.1, 0.15) is 5.76 Å². The molecule has 2 aromatic rings. The Labute approximate surface area is 131 Å². The molecule has 1 N–H and O–H groups in total. The van der Waals surface area contributed by atoms with Crippen LogP contribution in [0, 0.1) is 0 Å². The first kappa shape index (κ1) is 10.8. The van der Waals surface area contributed by atoms with Crippen LogP contribution in [0.4, 0.5) is 0 Å². The molecule has 1 unspecified atom stereocenters. The Kier molecular flexibility index (Phi) is 2.38. The Bertz CT molecular complexity index is 938. The monoisotopic (exact) mass is 288 g/mol. The molecule has 2 aromatic carbocycles. The fourth-order valence-electron chi connectivity index (χ4n) is 3.02. The molecule has 0 radical (unpaired) electrons. The van der Waals surface area contributed by atoms with Crippen molar-refractivity contribution in [3.8, 4) is 0 Å². The largest absolute Gasteiger partial charge is 0.508 e. The summed E-state index contributed by atoms with van der Waals surface area (Å²) in [4.78, 5) is 12.7. The normalized spacial score (nSPS) is 23.9. The molecule has 2 heteroatoms. The summed E-state index contributed by atoms with van der Waals surface area (Å²) in [6.45, 7) is 0. The highest BCUT2D eigenvalue weighted by Gasteiger charge is 2.26. The number of fused-ring (bicyclic) bond motifs is 2. The molecule has 2 aliphatic rings. The summed E-state index contributed by atoms with van der Waals surface area (Å²) in [5, 5.41) is 4.80. The van der Waals surface area contributed by atoms with Crippen LogP contribution >= 0.6 is 0 Å². The summed E-state index contributed by atoms with van der Waals surface area (Å²) in [7, 11) is 0. The lowest BCUT2D eigenvalue weighted by Crippen LogP contribution is -2.11. The van der Waals surface area contributed by atoms with Crippen LogP contribution in [0.15, 0.2) is 66.4 Å². The van der Waals surface area contributed by atoms with E-state index in [9.17, 15) is 4.79 Å². The molecule has 0 fully saturated rings. The van der Waals surface area contributed by atoms with E-state index in [1.807, 2.05) is 48.5 Å². The minimum Gasteiger partial charge on any atom is -0.508 e. The second-order valence-corrected chi connectivity index (χ2v) is 5.32. The molecule has 0 saturated carbocycles. The number of hydrogen-bond acceptors (Lipinski definition) is 2. The van der Waals surface area contributed by atoms with E-state index in [0.717, 1.165) is 22.3 Å². The smallest absolute Gasteiger partial charge is 0.293 e. The quantitative estimate of drug-likeness (QED) is 0.799. The van der Waals surface area contributed by atoms with E-state index in [1.165, 1.54) is 0 Å². The highest BCUT2D eigenvalue weighted by Crippen LogP contribution is 2.39. The molecule has 0 aromatic heterocycles. The van der Waals surface area contributed by atoms with Gasteiger partial charge >= 0.3 is 0 Å². The highest BCUT2D eigenvalue weighted by molar-refractivity contribution is 6.36. The minimum atomic E-state index is -0.615. The Morgan fingerprint density at radius 2 is 1.73 bits per heavy atom. The third kappa shape index (κ3) is 1.85. The molecule has 0 bridgehead atoms. The summed E-state index contributed by atoms with van der Waals surface area (Å²) in [6.07, 6.45) is 4.30. The third-order valence-electron chi connectivity index (χ3n) is 4.03. The van der Waals surface area contributed by atoms with Gasteiger partial charge in [-0.1, -0.05) is 54.6 Å². The van der Waals surface area contributed by atoms with E-state index >= 15 is 0 Å². The minimum absolute atomic E-state index is 0.120. The van der Waals surface area contributed by atoms with E-state index in [0.29, 0.717) is 11.1 Å². The maximum Gasteiger partial charge on any atom is 0.293 e. The predicted octanol–water partition coefficient (Wildman–Crippen LogP) is 4.19. The van der Waals surface area contributed by atoms with Crippen molar-refractivity contribution >= 4 is 23.0 Å². The van der Waals surface area contributed by atoms with Gasteiger partial charge in [0.25, 0.3) is 1.43 Å². The van der Waals surface area contributed by atoms with Crippen molar-refractivity contribution in [2.45, 2.75) is 6.40 Å². The molecular weight excluding hydrogens is 272 g/mol. The van der Waals surface area contributed by atoms with E-state index in [-0.39, 0.29) is 11.5 Å². The summed E-state index contributed by atoms with van der Waals surface area (Å²) in [5.74, 6) is 0.132. The van der Waals surface area contributed by atoms with Crippen molar-refractivity contribution in [1.82, 2.24) is 0 Å². The van der Waals surface area contributed by atoms with E-state index < -0.39 is 6.40 Å². The zero-order valence-electron chi connectivity index (χ0n) is 13.7. The lowest BCUT2D eigenvalue weighted by Gasteiger charge is -2.22. The number of hydrogen-bond donors (Lipinski definition) is 1. The van der Waals surface area contributed by atoms with Crippen LogP contribution in [0.3, 0.4) is 0 Å². The summed E-state index contributed by atoms with van der Waals surface area (Å²) in [6, 6.07) is 15.2. The topological polar surface area (TPSA) is 37.3 Å². The number of allylic oxidation sites excluding steroid dienone is 4. The number of rotatable bonds is 1. The van der Waals surface area contributed by atoms with Crippen LogP contribution in [0.25, 0.3) is 18.7 Å². The standard InChI is InChI=1S/C20H14O2/c21-17-11-9-13-5-1-3-7-15(13)19(17)20-16-8-4-2-6-14(16)10-12-18(20)22/h1-9,11-12,22H,10H2/b20-19-/i10D/hD. The van der Waals surface area contributed by atoms with Crippen LogP contribution in [-0.4, -0.2) is 10.9 Å². The third-order valence-corrected chi connectivity index (χ3v) is 4.03. The molecule has 0 heterocycles. The molecule has 2 nitrogen and oxygen atoms in total. The molecule has 0 saturated heterocycles. The molecule has 2 aliphatic carbocycles. The molecule has 22 heavy (non-hydrogen) atoms. The second-order valence-electron chi connectivity index (χ2n) is 5.32. The Morgan fingerprint density at radius 1 is 0.955 bits per heavy atom. The Balaban J connectivity index is 2.09. The van der Waals surface area contributed by atoms with E-state index in [4.69, 9.17) is 7.91 Å².